The molecule has 2 rings (SSSR count). The topological polar surface area (TPSA) is 21.3 Å². The van der Waals surface area contributed by atoms with Gasteiger partial charge in [0.1, 0.15) is 0 Å². The zero-order chi connectivity index (χ0) is 13.9. The molecule has 3 unspecified atom stereocenters. The van der Waals surface area contributed by atoms with Crippen molar-refractivity contribution in [2.24, 2.45) is 5.92 Å². The maximum absolute atomic E-state index is 6.38. The Morgan fingerprint density at radius 2 is 2.16 bits per heavy atom. The van der Waals surface area contributed by atoms with Crippen molar-refractivity contribution in [3.05, 3.63) is 34.9 Å². The maximum atomic E-state index is 6.38. The lowest BCUT2D eigenvalue weighted by molar-refractivity contribution is -0.0790. The highest BCUT2D eigenvalue weighted by Crippen LogP contribution is 2.44. The highest BCUT2D eigenvalue weighted by molar-refractivity contribution is 6.31. The smallest absolute Gasteiger partial charge is 0.0875 e. The molecule has 1 aliphatic carbocycles. The SMILES string of the molecule is CNC(c1ccccc1Cl)C1(OC)CCCC(C)C1. The molecule has 3 heteroatoms. The van der Waals surface area contributed by atoms with Gasteiger partial charge in [0.05, 0.1) is 11.6 Å². The van der Waals surface area contributed by atoms with Crippen LogP contribution in [0, 0.1) is 5.92 Å². The summed E-state index contributed by atoms with van der Waals surface area (Å²) < 4.78 is 5.99. The number of rotatable bonds is 4. The lowest BCUT2D eigenvalue weighted by atomic mass is 9.72. The van der Waals surface area contributed by atoms with Gasteiger partial charge in [-0.05, 0) is 37.4 Å². The second-order valence-electron chi connectivity index (χ2n) is 5.71. The van der Waals surface area contributed by atoms with E-state index in [0.717, 1.165) is 23.4 Å². The minimum atomic E-state index is -0.141. The first-order chi connectivity index (χ1) is 9.13. The zero-order valence-corrected chi connectivity index (χ0v) is 12.8. The summed E-state index contributed by atoms with van der Waals surface area (Å²) in [6.07, 6.45) is 4.69. The molecule has 0 aliphatic heterocycles. The summed E-state index contributed by atoms with van der Waals surface area (Å²) in [5.41, 5.74) is 1.000. The number of methoxy groups -OCH3 is 1. The van der Waals surface area contributed by atoms with Gasteiger partial charge in [-0.25, -0.2) is 0 Å². The summed E-state index contributed by atoms with van der Waals surface area (Å²) in [6.45, 7) is 2.31. The standard InChI is InChI=1S/C16H24ClNO/c1-12-7-6-10-16(11-12,19-3)15(18-2)13-8-4-5-9-14(13)17/h4-5,8-9,12,15,18H,6-7,10-11H2,1-3H3. The monoisotopic (exact) mass is 281 g/mol. The van der Waals surface area contributed by atoms with Gasteiger partial charge in [-0.1, -0.05) is 49.6 Å². The Morgan fingerprint density at radius 3 is 2.74 bits per heavy atom. The fraction of sp³-hybridized carbons (Fsp3) is 0.625. The van der Waals surface area contributed by atoms with Crippen LogP contribution in [-0.2, 0) is 4.74 Å². The molecule has 1 N–H and O–H groups in total. The molecule has 106 valence electrons. The zero-order valence-electron chi connectivity index (χ0n) is 12.1. The fourth-order valence-corrected chi connectivity index (χ4v) is 3.77. The van der Waals surface area contributed by atoms with E-state index in [9.17, 15) is 0 Å². The highest BCUT2D eigenvalue weighted by atomic mass is 35.5. The molecule has 0 spiro atoms. The number of nitrogens with one attached hydrogen (secondary N) is 1. The summed E-state index contributed by atoms with van der Waals surface area (Å²) in [4.78, 5) is 0. The summed E-state index contributed by atoms with van der Waals surface area (Å²) in [7, 11) is 3.83. The van der Waals surface area contributed by atoms with Crippen LogP contribution in [0.5, 0.6) is 0 Å². The van der Waals surface area contributed by atoms with Crippen molar-refractivity contribution >= 4 is 11.6 Å². The Hall–Kier alpha value is -0.570. The first-order valence-corrected chi connectivity index (χ1v) is 7.47. The van der Waals surface area contributed by atoms with Gasteiger partial charge in [-0.15, -0.1) is 0 Å². The molecule has 0 amide bonds. The van der Waals surface area contributed by atoms with Crippen molar-refractivity contribution < 1.29 is 4.74 Å². The van der Waals surface area contributed by atoms with Crippen molar-refractivity contribution in [2.75, 3.05) is 14.2 Å². The molecule has 0 aromatic heterocycles. The van der Waals surface area contributed by atoms with E-state index in [2.05, 4.69) is 18.3 Å². The number of likely N-dealkylation sites (N-methyl/N-ethyl adjacent to an activating group) is 1. The Labute approximate surface area is 121 Å². The second kappa shape index (κ2) is 6.25. The molecule has 1 fully saturated rings. The molecular formula is C16H24ClNO. The lowest BCUT2D eigenvalue weighted by Gasteiger charge is -2.45. The molecule has 1 aromatic carbocycles. The summed E-state index contributed by atoms with van der Waals surface area (Å²) in [5, 5.41) is 4.25. The van der Waals surface area contributed by atoms with E-state index in [1.54, 1.807) is 0 Å². The van der Waals surface area contributed by atoms with Crippen molar-refractivity contribution in [2.45, 2.75) is 44.2 Å². The number of hydrogen-bond donors (Lipinski definition) is 1. The molecule has 2 nitrogen and oxygen atoms in total. The van der Waals surface area contributed by atoms with Crippen LogP contribution < -0.4 is 5.32 Å². The van der Waals surface area contributed by atoms with E-state index in [1.165, 1.54) is 12.8 Å². The van der Waals surface area contributed by atoms with E-state index in [4.69, 9.17) is 16.3 Å². The van der Waals surface area contributed by atoms with Gasteiger partial charge in [0, 0.05) is 12.1 Å². The van der Waals surface area contributed by atoms with E-state index >= 15 is 0 Å². The summed E-state index contributed by atoms with van der Waals surface area (Å²) >= 11 is 6.38. The van der Waals surface area contributed by atoms with E-state index in [0.29, 0.717) is 5.92 Å². The molecule has 1 aliphatic rings. The average molecular weight is 282 g/mol. The summed E-state index contributed by atoms with van der Waals surface area (Å²) in [5.74, 6) is 0.701. The first-order valence-electron chi connectivity index (χ1n) is 7.10. The Bertz CT molecular complexity index is 423. The molecule has 1 aromatic rings. The molecular weight excluding hydrogens is 258 g/mol. The third kappa shape index (κ3) is 2.96. The normalized spacial score (nSPS) is 29.2. The van der Waals surface area contributed by atoms with Crippen LogP contribution in [0.3, 0.4) is 0 Å². The number of benzene rings is 1. The van der Waals surface area contributed by atoms with Gasteiger partial charge in [0.15, 0.2) is 0 Å². The number of hydrogen-bond acceptors (Lipinski definition) is 2. The van der Waals surface area contributed by atoms with Gasteiger partial charge in [-0.3, -0.25) is 0 Å². The van der Waals surface area contributed by atoms with Crippen LogP contribution in [0.15, 0.2) is 24.3 Å². The largest absolute Gasteiger partial charge is 0.376 e. The molecule has 0 radical (unpaired) electrons. The Morgan fingerprint density at radius 1 is 1.42 bits per heavy atom. The predicted molar refractivity (Wildman–Crippen MR) is 80.6 cm³/mol. The summed E-state index contributed by atoms with van der Waals surface area (Å²) in [6, 6.07) is 8.22. The Balaban J connectivity index is 2.36. The minimum absolute atomic E-state index is 0.141. The van der Waals surface area contributed by atoms with Crippen molar-refractivity contribution in [3.63, 3.8) is 0 Å². The van der Waals surface area contributed by atoms with Gasteiger partial charge in [0.2, 0.25) is 0 Å². The highest BCUT2D eigenvalue weighted by Gasteiger charge is 2.42. The molecule has 0 saturated heterocycles. The second-order valence-corrected chi connectivity index (χ2v) is 6.12. The fourth-order valence-electron chi connectivity index (χ4n) is 3.52. The first kappa shape index (κ1) is 14.8. The van der Waals surface area contributed by atoms with Crippen molar-refractivity contribution in [3.8, 4) is 0 Å². The molecule has 0 bridgehead atoms. The number of ether oxygens (including phenoxy) is 1. The van der Waals surface area contributed by atoms with E-state index in [1.807, 2.05) is 32.4 Å². The minimum Gasteiger partial charge on any atom is -0.376 e. The average Bonchev–Trinajstić information content (AvgIpc) is 2.42. The van der Waals surface area contributed by atoms with Crippen LogP contribution in [-0.4, -0.2) is 19.8 Å². The van der Waals surface area contributed by atoms with Crippen molar-refractivity contribution in [1.29, 1.82) is 0 Å². The maximum Gasteiger partial charge on any atom is 0.0875 e. The van der Waals surface area contributed by atoms with Gasteiger partial charge >= 0.3 is 0 Å². The third-order valence-electron chi connectivity index (χ3n) is 4.43. The van der Waals surface area contributed by atoms with Gasteiger partial charge in [0.25, 0.3) is 0 Å². The lowest BCUT2D eigenvalue weighted by Crippen LogP contribution is -2.47. The van der Waals surface area contributed by atoms with Gasteiger partial charge < -0.3 is 10.1 Å². The van der Waals surface area contributed by atoms with E-state index < -0.39 is 0 Å². The third-order valence-corrected chi connectivity index (χ3v) is 4.77. The predicted octanol–water partition coefficient (Wildman–Crippen LogP) is 4.20. The number of halogens is 1. The van der Waals surface area contributed by atoms with Crippen LogP contribution in [0.25, 0.3) is 0 Å². The van der Waals surface area contributed by atoms with Crippen LogP contribution in [0.2, 0.25) is 5.02 Å². The van der Waals surface area contributed by atoms with Crippen LogP contribution in [0.1, 0.15) is 44.2 Å². The molecule has 3 atom stereocenters. The molecule has 0 heterocycles. The molecule has 1 saturated carbocycles. The van der Waals surface area contributed by atoms with Crippen LogP contribution in [0.4, 0.5) is 0 Å². The van der Waals surface area contributed by atoms with Crippen LogP contribution >= 0.6 is 11.6 Å². The van der Waals surface area contributed by atoms with Gasteiger partial charge in [-0.2, -0.15) is 0 Å². The Kier molecular flexibility index (Phi) is 4.88. The van der Waals surface area contributed by atoms with Crippen molar-refractivity contribution in [1.82, 2.24) is 5.32 Å². The molecule has 19 heavy (non-hydrogen) atoms. The quantitative estimate of drug-likeness (QED) is 0.893. The van der Waals surface area contributed by atoms with E-state index in [-0.39, 0.29) is 11.6 Å².